The van der Waals surface area contributed by atoms with Crippen LogP contribution in [0.5, 0.6) is 0 Å². The molecule has 148 valence electrons. The van der Waals surface area contributed by atoms with Crippen molar-refractivity contribution in [1.82, 2.24) is 0 Å². The van der Waals surface area contributed by atoms with Gasteiger partial charge in [0.05, 0.1) is 6.54 Å². The average Bonchev–Trinajstić information content (AvgIpc) is 3.06. The number of nitrogens with zero attached hydrogens (tertiary/aromatic N) is 1. The normalized spacial score (nSPS) is 20.8. The van der Waals surface area contributed by atoms with Gasteiger partial charge in [0, 0.05) is 38.7 Å². The fourth-order valence-electron chi connectivity index (χ4n) is 3.39. The molecule has 0 aliphatic carbocycles. The minimum atomic E-state index is -4.50. The van der Waals surface area contributed by atoms with Crippen LogP contribution in [0.4, 0.5) is 0 Å². The highest BCUT2D eigenvalue weighted by molar-refractivity contribution is 7.86. The molecule has 0 fully saturated rings. The summed E-state index contributed by atoms with van der Waals surface area (Å²) in [5.74, 6) is 0. The number of rotatable bonds is 13. The summed E-state index contributed by atoms with van der Waals surface area (Å²) >= 11 is 0. The monoisotopic (exact) mass is 396 g/mol. The molecule has 1 aliphatic heterocycles. The maximum atomic E-state index is 12.1. The summed E-state index contributed by atoms with van der Waals surface area (Å²) in [5, 5.41) is 0. The molecule has 2 atom stereocenters. The Bertz CT molecular complexity index is 513. The first-order valence-electron chi connectivity index (χ1n) is 9.04. The molecule has 1 rings (SSSR count). The molecule has 25 heavy (non-hydrogen) atoms. The Hall–Kier alpha value is -0.363. The van der Waals surface area contributed by atoms with E-state index in [0.717, 1.165) is 0 Å². The molecule has 1 aliphatic rings. The molecule has 0 aromatic heterocycles. The largest absolute Gasteiger partial charge is 0.743 e. The van der Waals surface area contributed by atoms with Crippen molar-refractivity contribution in [3.63, 3.8) is 0 Å². The first-order chi connectivity index (χ1) is 11.8. The van der Waals surface area contributed by atoms with Crippen molar-refractivity contribution in [2.75, 3.05) is 32.9 Å². The van der Waals surface area contributed by atoms with Crippen LogP contribution in [-0.4, -0.2) is 65.9 Å². The highest BCUT2D eigenvalue weighted by atomic mass is 32.2. The Morgan fingerprint density at radius 3 is 2.08 bits per heavy atom. The first kappa shape index (κ1) is 22.7. The molecule has 0 aromatic carbocycles. The summed E-state index contributed by atoms with van der Waals surface area (Å²) in [6.45, 7) is 9.85. The van der Waals surface area contributed by atoms with Crippen molar-refractivity contribution in [2.24, 2.45) is 4.99 Å². The van der Waals surface area contributed by atoms with Gasteiger partial charge in [0.25, 0.3) is 0 Å². The van der Waals surface area contributed by atoms with Gasteiger partial charge in [-0.25, -0.2) is 13.4 Å². The summed E-state index contributed by atoms with van der Waals surface area (Å²) in [6.07, 6.45) is 2.53. The highest BCUT2D eigenvalue weighted by Crippen LogP contribution is 2.26. The molecule has 0 spiro atoms. The lowest BCUT2D eigenvalue weighted by Crippen LogP contribution is -3.19. The van der Waals surface area contributed by atoms with Crippen molar-refractivity contribution in [1.29, 1.82) is 0 Å². The number of hydrogen-bond acceptors (Lipinski definition) is 7. The topological polar surface area (TPSA) is 102 Å². The van der Waals surface area contributed by atoms with E-state index in [9.17, 15) is 13.0 Å². The third-order valence-electron chi connectivity index (χ3n) is 4.55. The molecule has 1 N–H and O–H groups in total. The Kier molecular flexibility index (Phi) is 9.16. The summed E-state index contributed by atoms with van der Waals surface area (Å²) in [4.78, 5) is 3.34. The van der Waals surface area contributed by atoms with E-state index in [2.05, 4.69) is 4.99 Å². The lowest BCUT2D eigenvalue weighted by atomic mass is 10.1. The quantitative estimate of drug-likeness (QED) is 0.357. The second-order valence-electron chi connectivity index (χ2n) is 5.95. The fourth-order valence-corrected chi connectivity index (χ4v) is 7.22. The predicted octanol–water partition coefficient (Wildman–Crippen LogP) is 0.393. The first-order valence-corrected chi connectivity index (χ1v) is 12.4. The van der Waals surface area contributed by atoms with E-state index >= 15 is 0 Å². The lowest BCUT2D eigenvalue weighted by molar-refractivity contribution is -0.835. The number of quaternary nitrogens is 1. The molecular formula is C15H32N2O6SSi. The molecule has 0 saturated heterocycles. The number of nitrogens with one attached hydrogen (secondary N) is 1. The zero-order valence-electron chi connectivity index (χ0n) is 15.7. The molecule has 10 heteroatoms. The number of aliphatic imine (C=N–C) groups is 1. The molecule has 1 heterocycles. The van der Waals surface area contributed by atoms with Crippen molar-refractivity contribution < 1.29 is 31.1 Å². The van der Waals surface area contributed by atoms with Crippen LogP contribution in [0.25, 0.3) is 0 Å². The zero-order chi connectivity index (χ0) is 19.0. The van der Waals surface area contributed by atoms with Gasteiger partial charge in [0.15, 0.2) is 21.3 Å². The van der Waals surface area contributed by atoms with Crippen LogP contribution < -0.4 is 4.90 Å². The van der Waals surface area contributed by atoms with Gasteiger partial charge in [-0.15, -0.1) is 0 Å². The van der Waals surface area contributed by atoms with Crippen LogP contribution in [0.2, 0.25) is 6.04 Å². The van der Waals surface area contributed by atoms with Crippen LogP contribution in [0.3, 0.4) is 0 Å². The summed E-state index contributed by atoms with van der Waals surface area (Å²) in [7, 11) is -7.35. The maximum absolute atomic E-state index is 12.1. The number of hydrogen-bond donors (Lipinski definition) is 1. The van der Waals surface area contributed by atoms with Gasteiger partial charge in [-0.05, 0) is 27.2 Å². The van der Waals surface area contributed by atoms with Crippen LogP contribution in [0.1, 0.15) is 47.0 Å². The minimum absolute atomic E-state index is 0.235. The maximum Gasteiger partial charge on any atom is 0.500 e. The van der Waals surface area contributed by atoms with Crippen molar-refractivity contribution in [2.45, 2.75) is 57.9 Å². The third kappa shape index (κ3) is 5.55. The highest BCUT2D eigenvalue weighted by Gasteiger charge is 2.48. The molecule has 8 nitrogen and oxygen atoms in total. The second kappa shape index (κ2) is 10.1. The molecule has 0 bridgehead atoms. The van der Waals surface area contributed by atoms with E-state index in [1.165, 1.54) is 0 Å². The predicted molar refractivity (Wildman–Crippen MR) is 96.6 cm³/mol. The smallest absolute Gasteiger partial charge is 0.500 e. The van der Waals surface area contributed by atoms with Gasteiger partial charge in [-0.1, -0.05) is 6.92 Å². The molecule has 0 radical (unpaired) electrons. The van der Waals surface area contributed by atoms with Gasteiger partial charge in [-0.2, -0.15) is 0 Å². The molecular weight excluding hydrogens is 364 g/mol. The molecule has 0 amide bonds. The summed E-state index contributed by atoms with van der Waals surface area (Å²) < 4.78 is 53.7. The molecule has 0 saturated carbocycles. The Balaban J connectivity index is 2.92. The van der Waals surface area contributed by atoms with E-state index < -0.39 is 23.8 Å². The van der Waals surface area contributed by atoms with Crippen LogP contribution >= 0.6 is 0 Å². The Morgan fingerprint density at radius 2 is 1.72 bits per heavy atom. The Labute approximate surface area is 152 Å². The average molecular weight is 397 g/mol. The van der Waals surface area contributed by atoms with Crippen molar-refractivity contribution in [3.8, 4) is 0 Å². The molecule has 2 unspecified atom stereocenters. The van der Waals surface area contributed by atoms with Gasteiger partial charge in [0.2, 0.25) is 0 Å². The fraction of sp³-hybridized carbons (Fsp3) is 0.933. The zero-order valence-corrected chi connectivity index (χ0v) is 17.6. The van der Waals surface area contributed by atoms with Crippen LogP contribution in [0.15, 0.2) is 4.99 Å². The standard InChI is InChI=1S/C15H32N2O6SSi/c1-5-15(24(18,19)20,17-12-11-16-14-17)10-9-13-25(21-6-2,22-7-3)23-8-4/h14H,5-13H2,1-4H3,(H,18,19,20). The van der Waals surface area contributed by atoms with E-state index in [4.69, 9.17) is 13.3 Å². The van der Waals surface area contributed by atoms with Gasteiger partial charge in [0.1, 0.15) is 6.54 Å². The van der Waals surface area contributed by atoms with Gasteiger partial charge in [-0.3, -0.25) is 4.90 Å². The van der Waals surface area contributed by atoms with Crippen LogP contribution in [-0.2, 0) is 23.4 Å². The van der Waals surface area contributed by atoms with Crippen LogP contribution in [0, 0.1) is 0 Å². The minimum Gasteiger partial charge on any atom is -0.743 e. The second-order valence-corrected chi connectivity index (χ2v) is 10.4. The van der Waals surface area contributed by atoms with Gasteiger partial charge < -0.3 is 17.8 Å². The van der Waals surface area contributed by atoms with E-state index in [1.807, 2.05) is 20.8 Å². The lowest BCUT2D eigenvalue weighted by Gasteiger charge is -2.38. The molecule has 0 aromatic rings. The van der Waals surface area contributed by atoms with Gasteiger partial charge >= 0.3 is 8.80 Å². The van der Waals surface area contributed by atoms with E-state index in [1.54, 1.807) is 13.3 Å². The van der Waals surface area contributed by atoms with Crippen molar-refractivity contribution >= 4 is 25.3 Å². The third-order valence-corrected chi connectivity index (χ3v) is 9.41. The summed E-state index contributed by atoms with van der Waals surface area (Å²) in [6, 6.07) is 0.490. The van der Waals surface area contributed by atoms with E-state index in [-0.39, 0.29) is 12.8 Å². The van der Waals surface area contributed by atoms with E-state index in [0.29, 0.717) is 50.3 Å². The van der Waals surface area contributed by atoms with Crippen molar-refractivity contribution in [3.05, 3.63) is 0 Å². The Morgan fingerprint density at radius 1 is 1.16 bits per heavy atom. The SMILES string of the molecule is CCO[Si](CCCC(CC)([NH+]1C=NCC1)S(=O)(=O)[O-])(OCC)OCC. The summed E-state index contributed by atoms with van der Waals surface area (Å²) in [5.41, 5.74) is 0.